The molecular formula is C16H17N3O3S. The highest BCUT2D eigenvalue weighted by Crippen LogP contribution is 2.29. The third kappa shape index (κ3) is 4.17. The number of aryl methyl sites for hydroxylation is 1. The summed E-state index contributed by atoms with van der Waals surface area (Å²) < 4.78 is 0. The van der Waals surface area contributed by atoms with E-state index in [-0.39, 0.29) is 11.8 Å². The average molecular weight is 331 g/mol. The van der Waals surface area contributed by atoms with E-state index in [1.54, 1.807) is 30.3 Å². The molecule has 23 heavy (non-hydrogen) atoms. The van der Waals surface area contributed by atoms with E-state index in [2.05, 4.69) is 10.6 Å². The van der Waals surface area contributed by atoms with Crippen LogP contribution in [-0.4, -0.2) is 17.7 Å². The van der Waals surface area contributed by atoms with E-state index in [0.29, 0.717) is 21.8 Å². The van der Waals surface area contributed by atoms with E-state index < -0.39 is 5.91 Å². The van der Waals surface area contributed by atoms with Crippen molar-refractivity contribution in [2.75, 3.05) is 10.6 Å². The van der Waals surface area contributed by atoms with Crippen molar-refractivity contribution in [1.29, 1.82) is 0 Å². The molecule has 0 atom stereocenters. The number of carbonyl (C=O) groups is 3. The highest BCUT2D eigenvalue weighted by Gasteiger charge is 2.16. The van der Waals surface area contributed by atoms with E-state index in [1.165, 1.54) is 18.3 Å². The van der Waals surface area contributed by atoms with Crippen LogP contribution < -0.4 is 16.4 Å². The van der Waals surface area contributed by atoms with Crippen LogP contribution in [0.2, 0.25) is 0 Å². The molecule has 0 unspecified atom stereocenters. The molecule has 6 nitrogen and oxygen atoms in total. The van der Waals surface area contributed by atoms with Gasteiger partial charge in [-0.2, -0.15) is 0 Å². The molecule has 0 bridgehead atoms. The minimum absolute atomic E-state index is 0.218. The molecule has 2 rings (SSSR count). The highest BCUT2D eigenvalue weighted by atomic mass is 32.1. The molecular weight excluding hydrogens is 314 g/mol. The largest absolute Gasteiger partial charge is 0.366 e. The van der Waals surface area contributed by atoms with Crippen molar-refractivity contribution in [3.8, 4) is 0 Å². The molecule has 0 aliphatic rings. The predicted octanol–water partition coefficient (Wildman–Crippen LogP) is 2.62. The predicted molar refractivity (Wildman–Crippen MR) is 90.9 cm³/mol. The summed E-state index contributed by atoms with van der Waals surface area (Å²) in [4.78, 5) is 35.9. The lowest BCUT2D eigenvalue weighted by Gasteiger charge is -2.07. The zero-order valence-corrected chi connectivity index (χ0v) is 13.6. The standard InChI is InChI=1S/C16H17N3O3S/c1-3-12-8-13(14(17)21)16(23-12)19-15(22)10-5-4-6-11(7-10)18-9(2)20/h4-8H,3H2,1-2H3,(H2,17,21)(H,18,20)(H,19,22). The van der Waals surface area contributed by atoms with Crippen LogP contribution in [0.5, 0.6) is 0 Å². The number of benzene rings is 1. The van der Waals surface area contributed by atoms with Crippen LogP contribution in [0.4, 0.5) is 10.7 Å². The molecule has 0 aliphatic heterocycles. The van der Waals surface area contributed by atoms with Crippen LogP contribution in [0.3, 0.4) is 0 Å². The smallest absolute Gasteiger partial charge is 0.256 e. The molecule has 1 aromatic carbocycles. The Bertz CT molecular complexity index is 768. The van der Waals surface area contributed by atoms with Crippen LogP contribution in [0.1, 0.15) is 39.4 Å². The SMILES string of the molecule is CCc1cc(C(N)=O)c(NC(=O)c2cccc(NC(C)=O)c2)s1. The van der Waals surface area contributed by atoms with Crippen LogP contribution in [0.25, 0.3) is 0 Å². The van der Waals surface area contributed by atoms with Gasteiger partial charge in [-0.25, -0.2) is 0 Å². The van der Waals surface area contributed by atoms with Gasteiger partial charge in [-0.05, 0) is 30.7 Å². The van der Waals surface area contributed by atoms with Crippen molar-refractivity contribution < 1.29 is 14.4 Å². The Kier molecular flexibility index (Phi) is 5.13. The van der Waals surface area contributed by atoms with Gasteiger partial charge in [0.25, 0.3) is 11.8 Å². The van der Waals surface area contributed by atoms with Crippen LogP contribution in [-0.2, 0) is 11.2 Å². The number of amides is 3. The number of hydrogen-bond acceptors (Lipinski definition) is 4. The summed E-state index contributed by atoms with van der Waals surface area (Å²) in [5, 5.41) is 5.76. The van der Waals surface area contributed by atoms with Gasteiger partial charge in [0.1, 0.15) is 5.00 Å². The molecule has 120 valence electrons. The fourth-order valence-electron chi connectivity index (χ4n) is 2.01. The Hall–Kier alpha value is -2.67. The number of anilines is 2. The Morgan fingerprint density at radius 3 is 2.52 bits per heavy atom. The first-order valence-electron chi connectivity index (χ1n) is 7.02. The minimum Gasteiger partial charge on any atom is -0.366 e. The zero-order chi connectivity index (χ0) is 17.0. The van der Waals surface area contributed by atoms with Gasteiger partial charge >= 0.3 is 0 Å². The summed E-state index contributed by atoms with van der Waals surface area (Å²) >= 11 is 1.32. The van der Waals surface area contributed by atoms with Crippen LogP contribution in [0.15, 0.2) is 30.3 Å². The molecule has 0 spiro atoms. The van der Waals surface area contributed by atoms with Crippen molar-refractivity contribution in [3.63, 3.8) is 0 Å². The second-order valence-corrected chi connectivity index (χ2v) is 6.03. The van der Waals surface area contributed by atoms with Gasteiger partial charge in [-0.1, -0.05) is 13.0 Å². The zero-order valence-electron chi connectivity index (χ0n) is 12.8. The Morgan fingerprint density at radius 2 is 1.91 bits per heavy atom. The van der Waals surface area contributed by atoms with Gasteiger partial charge < -0.3 is 16.4 Å². The summed E-state index contributed by atoms with van der Waals surface area (Å²) in [6, 6.07) is 8.23. The van der Waals surface area contributed by atoms with E-state index in [9.17, 15) is 14.4 Å². The topological polar surface area (TPSA) is 101 Å². The maximum Gasteiger partial charge on any atom is 0.256 e. The van der Waals surface area contributed by atoms with Gasteiger partial charge in [0, 0.05) is 23.1 Å². The van der Waals surface area contributed by atoms with Gasteiger partial charge in [-0.15, -0.1) is 11.3 Å². The van der Waals surface area contributed by atoms with Gasteiger partial charge in [-0.3, -0.25) is 14.4 Å². The molecule has 4 N–H and O–H groups in total. The lowest BCUT2D eigenvalue weighted by molar-refractivity contribution is -0.114. The van der Waals surface area contributed by atoms with Gasteiger partial charge in [0.2, 0.25) is 5.91 Å². The number of rotatable bonds is 5. The summed E-state index contributed by atoms with van der Waals surface area (Å²) in [6.07, 6.45) is 0.749. The first kappa shape index (κ1) is 16.7. The van der Waals surface area contributed by atoms with Crippen molar-refractivity contribution in [2.24, 2.45) is 5.73 Å². The average Bonchev–Trinajstić information content (AvgIpc) is 2.90. The molecule has 1 heterocycles. The molecule has 7 heteroatoms. The maximum atomic E-state index is 12.4. The van der Waals surface area contributed by atoms with Crippen molar-refractivity contribution in [3.05, 3.63) is 46.3 Å². The fourth-order valence-corrected chi connectivity index (χ4v) is 3.01. The maximum absolute atomic E-state index is 12.4. The van der Waals surface area contributed by atoms with E-state index in [4.69, 9.17) is 5.73 Å². The minimum atomic E-state index is -0.580. The second kappa shape index (κ2) is 7.06. The summed E-state index contributed by atoms with van der Waals surface area (Å²) in [5.41, 5.74) is 6.55. The van der Waals surface area contributed by atoms with Crippen LogP contribution >= 0.6 is 11.3 Å². The highest BCUT2D eigenvalue weighted by molar-refractivity contribution is 7.16. The molecule has 3 amide bonds. The Morgan fingerprint density at radius 1 is 1.17 bits per heavy atom. The fraction of sp³-hybridized carbons (Fsp3) is 0.188. The van der Waals surface area contributed by atoms with Gasteiger partial charge in [0.05, 0.1) is 5.56 Å². The van der Waals surface area contributed by atoms with Gasteiger partial charge in [0.15, 0.2) is 0 Å². The molecule has 2 aromatic rings. The van der Waals surface area contributed by atoms with E-state index in [0.717, 1.165) is 11.3 Å². The summed E-state index contributed by atoms with van der Waals surface area (Å²) in [6.45, 7) is 3.35. The van der Waals surface area contributed by atoms with E-state index in [1.807, 2.05) is 6.92 Å². The number of thiophene rings is 1. The van der Waals surface area contributed by atoms with Crippen molar-refractivity contribution >= 4 is 39.7 Å². The monoisotopic (exact) mass is 331 g/mol. The third-order valence-electron chi connectivity index (χ3n) is 3.07. The number of carbonyl (C=O) groups excluding carboxylic acids is 3. The molecule has 0 radical (unpaired) electrons. The first-order chi connectivity index (χ1) is 10.9. The summed E-state index contributed by atoms with van der Waals surface area (Å²) in [7, 11) is 0. The molecule has 0 fully saturated rings. The number of hydrogen-bond donors (Lipinski definition) is 3. The third-order valence-corrected chi connectivity index (χ3v) is 4.26. The lowest BCUT2D eigenvalue weighted by atomic mass is 10.2. The van der Waals surface area contributed by atoms with Crippen LogP contribution in [0, 0.1) is 0 Å². The number of nitrogens with one attached hydrogen (secondary N) is 2. The molecule has 0 aliphatic carbocycles. The van der Waals surface area contributed by atoms with Crippen molar-refractivity contribution in [1.82, 2.24) is 0 Å². The Balaban J connectivity index is 2.24. The summed E-state index contributed by atoms with van der Waals surface area (Å²) in [5.74, 6) is -1.17. The first-order valence-corrected chi connectivity index (χ1v) is 7.84. The second-order valence-electron chi connectivity index (χ2n) is 4.89. The van der Waals surface area contributed by atoms with E-state index >= 15 is 0 Å². The number of primary amides is 1. The van der Waals surface area contributed by atoms with Crippen molar-refractivity contribution in [2.45, 2.75) is 20.3 Å². The Labute approximate surface area is 137 Å². The normalized spacial score (nSPS) is 10.2. The lowest BCUT2D eigenvalue weighted by Crippen LogP contribution is -2.16. The quantitative estimate of drug-likeness (QED) is 0.785. The molecule has 0 saturated carbocycles. The number of nitrogens with two attached hydrogens (primary N) is 1. The molecule has 0 saturated heterocycles. The molecule has 1 aromatic heterocycles.